The predicted octanol–water partition coefficient (Wildman–Crippen LogP) is 4.89. The first-order valence-corrected chi connectivity index (χ1v) is 11.9. The SMILES string of the molecule is CCN(CC(C)C)c1ccc(/C=c2/c(C(C)(C)C)nn3c(-c4ccccc4O)nnc23)s1. The highest BCUT2D eigenvalue weighted by molar-refractivity contribution is 7.16. The maximum absolute atomic E-state index is 10.3. The van der Waals surface area contributed by atoms with Crippen molar-refractivity contribution in [1.29, 1.82) is 0 Å². The minimum atomic E-state index is -0.171. The molecule has 0 saturated heterocycles. The molecule has 1 N–H and O–H groups in total. The molecule has 0 aliphatic rings. The third-order valence-electron chi connectivity index (χ3n) is 5.37. The Hall–Kier alpha value is -2.93. The molecule has 4 rings (SSSR count). The lowest BCUT2D eigenvalue weighted by atomic mass is 9.91. The van der Waals surface area contributed by atoms with E-state index < -0.39 is 0 Å². The van der Waals surface area contributed by atoms with Gasteiger partial charge >= 0.3 is 0 Å². The number of rotatable bonds is 6. The predicted molar refractivity (Wildman–Crippen MR) is 132 cm³/mol. The molecule has 0 aliphatic carbocycles. The summed E-state index contributed by atoms with van der Waals surface area (Å²) in [5.74, 6) is 1.32. The summed E-state index contributed by atoms with van der Waals surface area (Å²) in [6, 6.07) is 11.5. The van der Waals surface area contributed by atoms with Gasteiger partial charge in [0.25, 0.3) is 0 Å². The molecular weight excluding hydrogens is 418 g/mol. The molecule has 0 fully saturated rings. The van der Waals surface area contributed by atoms with Crippen molar-refractivity contribution in [2.75, 3.05) is 18.0 Å². The lowest BCUT2D eigenvalue weighted by molar-refractivity contribution is 0.476. The number of nitrogens with zero attached hydrogens (tertiary/aromatic N) is 5. The van der Waals surface area contributed by atoms with E-state index in [9.17, 15) is 5.11 Å². The number of thiophene rings is 1. The molecule has 4 aromatic rings. The summed E-state index contributed by atoms with van der Waals surface area (Å²) in [4.78, 5) is 3.58. The van der Waals surface area contributed by atoms with E-state index in [1.165, 1.54) is 5.00 Å². The molecule has 0 bridgehead atoms. The van der Waals surface area contributed by atoms with Crippen LogP contribution in [0.5, 0.6) is 5.75 Å². The Morgan fingerprint density at radius 3 is 2.53 bits per heavy atom. The molecule has 0 aliphatic heterocycles. The van der Waals surface area contributed by atoms with E-state index >= 15 is 0 Å². The number of hydrogen-bond acceptors (Lipinski definition) is 6. The number of aromatic hydroxyl groups is 1. The van der Waals surface area contributed by atoms with Crippen LogP contribution < -0.4 is 10.1 Å². The number of hydrogen-bond donors (Lipinski definition) is 1. The van der Waals surface area contributed by atoms with Crippen LogP contribution in [0.25, 0.3) is 23.1 Å². The number of phenols is 1. The third-order valence-corrected chi connectivity index (χ3v) is 6.46. The van der Waals surface area contributed by atoms with Crippen molar-refractivity contribution >= 4 is 28.1 Å². The van der Waals surface area contributed by atoms with E-state index in [1.807, 2.05) is 12.1 Å². The van der Waals surface area contributed by atoms with Gasteiger partial charge in [-0.25, -0.2) is 0 Å². The van der Waals surface area contributed by atoms with Crippen molar-refractivity contribution in [3.8, 4) is 17.1 Å². The largest absolute Gasteiger partial charge is 0.507 e. The molecule has 0 spiro atoms. The van der Waals surface area contributed by atoms with Crippen molar-refractivity contribution < 1.29 is 5.11 Å². The third kappa shape index (κ3) is 4.21. The zero-order valence-electron chi connectivity index (χ0n) is 19.6. The fraction of sp³-hybridized carbons (Fsp3) is 0.400. The molecule has 3 aromatic heterocycles. The summed E-state index contributed by atoms with van der Waals surface area (Å²) in [5, 5.41) is 26.3. The standard InChI is InChI=1S/C25H31N5OS/c1-7-29(15-16(2)3)21-13-12-17(32-21)14-19-22(25(4,5)6)28-30-23(26-27-24(19)30)18-10-8-9-11-20(18)31/h8-14,16,31H,7,15H2,1-6H3/b19-14-. The van der Waals surface area contributed by atoms with Crippen molar-refractivity contribution in [2.24, 2.45) is 5.92 Å². The van der Waals surface area contributed by atoms with Crippen LogP contribution >= 0.6 is 11.3 Å². The summed E-state index contributed by atoms with van der Waals surface area (Å²) in [6.07, 6.45) is 2.17. The van der Waals surface area contributed by atoms with Crippen molar-refractivity contribution in [2.45, 2.75) is 47.0 Å². The van der Waals surface area contributed by atoms with E-state index in [0.717, 1.165) is 28.9 Å². The molecule has 0 saturated carbocycles. The Bertz CT molecular complexity index is 1280. The van der Waals surface area contributed by atoms with Crippen LogP contribution in [0.2, 0.25) is 0 Å². The van der Waals surface area contributed by atoms with E-state index in [4.69, 9.17) is 5.10 Å². The average molecular weight is 450 g/mol. The Morgan fingerprint density at radius 2 is 1.88 bits per heavy atom. The zero-order chi connectivity index (χ0) is 23.0. The van der Waals surface area contributed by atoms with Crippen LogP contribution in [0.3, 0.4) is 0 Å². The van der Waals surface area contributed by atoms with Gasteiger partial charge in [-0.2, -0.15) is 9.61 Å². The second-order valence-electron chi connectivity index (χ2n) is 9.54. The van der Waals surface area contributed by atoms with Crippen molar-refractivity contribution in [3.63, 3.8) is 0 Å². The topological polar surface area (TPSA) is 66.6 Å². The Morgan fingerprint density at radius 1 is 1.12 bits per heavy atom. The summed E-state index contributed by atoms with van der Waals surface area (Å²) in [7, 11) is 0. The van der Waals surface area contributed by atoms with Crippen LogP contribution in [0.4, 0.5) is 5.00 Å². The van der Waals surface area contributed by atoms with Gasteiger partial charge in [0.05, 0.1) is 16.3 Å². The molecule has 6 nitrogen and oxygen atoms in total. The molecule has 0 radical (unpaired) electrons. The Kier molecular flexibility index (Phi) is 5.95. The Labute approximate surface area is 193 Å². The van der Waals surface area contributed by atoms with Crippen LogP contribution in [0.1, 0.15) is 52.1 Å². The van der Waals surface area contributed by atoms with Gasteiger partial charge in [0.2, 0.25) is 0 Å². The van der Waals surface area contributed by atoms with E-state index in [1.54, 1.807) is 28.0 Å². The summed E-state index contributed by atoms with van der Waals surface area (Å²) >= 11 is 1.78. The van der Waals surface area contributed by atoms with Crippen LogP contribution in [-0.4, -0.2) is 38.0 Å². The number of fused-ring (bicyclic) bond motifs is 1. The first-order chi connectivity index (χ1) is 15.2. The molecule has 1 aromatic carbocycles. The number of para-hydroxylation sites is 1. The van der Waals surface area contributed by atoms with Crippen molar-refractivity contribution in [1.82, 2.24) is 19.8 Å². The van der Waals surface area contributed by atoms with Crippen molar-refractivity contribution in [3.05, 3.63) is 52.2 Å². The highest BCUT2D eigenvalue weighted by Gasteiger charge is 2.25. The van der Waals surface area contributed by atoms with E-state index in [-0.39, 0.29) is 11.2 Å². The molecule has 0 amide bonds. The molecule has 3 heterocycles. The van der Waals surface area contributed by atoms with E-state index in [0.29, 0.717) is 23.0 Å². The summed E-state index contributed by atoms with van der Waals surface area (Å²) in [6.45, 7) is 15.2. The zero-order valence-corrected chi connectivity index (χ0v) is 20.4. The van der Waals surface area contributed by atoms with Gasteiger partial charge in [0.15, 0.2) is 11.5 Å². The van der Waals surface area contributed by atoms with Gasteiger partial charge in [-0.3, -0.25) is 0 Å². The second kappa shape index (κ2) is 8.54. The van der Waals surface area contributed by atoms with Crippen LogP contribution in [0, 0.1) is 5.92 Å². The number of benzene rings is 1. The molecule has 0 unspecified atom stereocenters. The smallest absolute Gasteiger partial charge is 0.189 e. The summed E-state index contributed by atoms with van der Waals surface area (Å²) in [5.41, 5.74) is 2.12. The highest BCUT2D eigenvalue weighted by Crippen LogP contribution is 2.30. The van der Waals surface area contributed by atoms with Crippen LogP contribution in [-0.2, 0) is 5.41 Å². The number of phenolic OH excluding ortho intramolecular Hbond substituents is 1. The molecule has 7 heteroatoms. The van der Waals surface area contributed by atoms with Gasteiger partial charge in [-0.05, 0) is 43.2 Å². The fourth-order valence-electron chi connectivity index (χ4n) is 3.87. The van der Waals surface area contributed by atoms with Gasteiger partial charge in [-0.1, -0.05) is 46.8 Å². The first-order valence-electron chi connectivity index (χ1n) is 11.1. The first kappa shape index (κ1) is 22.3. The second-order valence-corrected chi connectivity index (χ2v) is 10.6. The van der Waals surface area contributed by atoms with Gasteiger partial charge in [0.1, 0.15) is 5.75 Å². The average Bonchev–Trinajstić information content (AvgIpc) is 3.43. The number of anilines is 1. The molecule has 168 valence electrons. The fourth-order valence-corrected chi connectivity index (χ4v) is 4.89. The van der Waals surface area contributed by atoms with Crippen LogP contribution in [0.15, 0.2) is 36.4 Å². The maximum Gasteiger partial charge on any atom is 0.189 e. The monoisotopic (exact) mass is 449 g/mol. The maximum atomic E-state index is 10.3. The molecular formula is C25H31N5OS. The minimum absolute atomic E-state index is 0.167. The number of aromatic nitrogens is 4. The lowest BCUT2D eigenvalue weighted by Gasteiger charge is -2.23. The van der Waals surface area contributed by atoms with Gasteiger partial charge < -0.3 is 10.0 Å². The summed E-state index contributed by atoms with van der Waals surface area (Å²) < 4.78 is 1.76. The Balaban J connectivity index is 1.86. The lowest BCUT2D eigenvalue weighted by Crippen LogP contribution is -2.26. The van der Waals surface area contributed by atoms with E-state index in [2.05, 4.69) is 74.8 Å². The van der Waals surface area contributed by atoms with Gasteiger partial charge in [-0.15, -0.1) is 21.5 Å². The van der Waals surface area contributed by atoms with Gasteiger partial charge in [0, 0.05) is 28.6 Å². The molecule has 0 atom stereocenters. The molecule has 32 heavy (non-hydrogen) atoms. The highest BCUT2D eigenvalue weighted by atomic mass is 32.1. The minimum Gasteiger partial charge on any atom is -0.507 e. The quantitative estimate of drug-likeness (QED) is 0.454. The normalized spacial score (nSPS) is 12.9.